The third-order valence-electron chi connectivity index (χ3n) is 4.48. The van der Waals surface area contributed by atoms with Crippen LogP contribution in [-0.4, -0.2) is 26.1 Å². The van der Waals surface area contributed by atoms with Crippen LogP contribution in [0.25, 0.3) is 22.0 Å². The molecule has 0 saturated heterocycles. The Morgan fingerprint density at radius 2 is 2.00 bits per heavy atom. The summed E-state index contributed by atoms with van der Waals surface area (Å²) < 4.78 is 0. The molecule has 0 spiro atoms. The summed E-state index contributed by atoms with van der Waals surface area (Å²) >= 11 is 0. The highest BCUT2D eigenvalue weighted by atomic mass is 16.1. The van der Waals surface area contributed by atoms with Crippen LogP contribution in [-0.2, 0) is 4.79 Å². The Hall–Kier alpha value is -3.98. The quantitative estimate of drug-likeness (QED) is 0.502. The maximum Gasteiger partial charge on any atom is 0.224 e. The number of aromatic nitrogens is 4. The van der Waals surface area contributed by atoms with Crippen LogP contribution in [0, 0.1) is 17.8 Å². The van der Waals surface area contributed by atoms with Gasteiger partial charge in [-0.1, -0.05) is 26.0 Å². The Labute approximate surface area is 174 Å². The molecule has 6 heteroatoms. The van der Waals surface area contributed by atoms with E-state index in [2.05, 4.69) is 37.3 Å². The molecule has 0 unspecified atom stereocenters. The van der Waals surface area contributed by atoms with Crippen LogP contribution in [0.1, 0.15) is 31.7 Å². The minimum Gasteiger partial charge on any atom is -0.325 e. The van der Waals surface area contributed by atoms with Crippen LogP contribution < -0.4 is 5.32 Å². The van der Waals surface area contributed by atoms with Gasteiger partial charge in [0.25, 0.3) is 0 Å². The van der Waals surface area contributed by atoms with E-state index in [1.807, 2.05) is 56.3 Å². The minimum atomic E-state index is -0.0127. The zero-order valence-electron chi connectivity index (χ0n) is 16.8. The smallest absolute Gasteiger partial charge is 0.224 e. The highest BCUT2D eigenvalue weighted by Gasteiger charge is 2.09. The number of pyridine rings is 2. The Morgan fingerprint density at radius 3 is 2.80 bits per heavy atom. The van der Waals surface area contributed by atoms with Crippen molar-refractivity contribution in [1.82, 2.24) is 20.2 Å². The number of anilines is 1. The van der Waals surface area contributed by atoms with Crippen molar-refractivity contribution in [3.63, 3.8) is 0 Å². The van der Waals surface area contributed by atoms with Gasteiger partial charge in [0, 0.05) is 29.8 Å². The van der Waals surface area contributed by atoms with Crippen LogP contribution in [0.4, 0.5) is 5.69 Å². The SMILES string of the molecule is CC(C)CC(=O)Nc1cncc(-c2ccc3n[nH]c(C#Cc4ccccn4)c3c2)c1. The molecule has 0 atom stereocenters. The monoisotopic (exact) mass is 395 g/mol. The highest BCUT2D eigenvalue weighted by molar-refractivity contribution is 5.92. The van der Waals surface area contributed by atoms with Gasteiger partial charge in [-0.2, -0.15) is 5.10 Å². The summed E-state index contributed by atoms with van der Waals surface area (Å²) in [5.74, 6) is 6.46. The van der Waals surface area contributed by atoms with Crippen molar-refractivity contribution in [2.24, 2.45) is 5.92 Å². The molecule has 2 N–H and O–H groups in total. The molecule has 3 heterocycles. The Morgan fingerprint density at radius 1 is 1.10 bits per heavy atom. The van der Waals surface area contributed by atoms with Crippen molar-refractivity contribution in [2.75, 3.05) is 5.32 Å². The lowest BCUT2D eigenvalue weighted by molar-refractivity contribution is -0.116. The van der Waals surface area contributed by atoms with Gasteiger partial charge in [0.1, 0.15) is 11.4 Å². The number of fused-ring (bicyclic) bond motifs is 1. The number of aromatic amines is 1. The fourth-order valence-corrected chi connectivity index (χ4v) is 3.10. The van der Waals surface area contributed by atoms with Gasteiger partial charge in [0.15, 0.2) is 0 Å². The number of benzene rings is 1. The number of carbonyl (C=O) groups is 1. The summed E-state index contributed by atoms with van der Waals surface area (Å²) in [5, 5.41) is 11.2. The Bertz CT molecular complexity index is 1250. The molecular formula is C24H21N5O. The first-order valence-electron chi connectivity index (χ1n) is 9.75. The lowest BCUT2D eigenvalue weighted by Crippen LogP contribution is -2.13. The standard InChI is InChI=1S/C24H21N5O/c1-16(2)11-24(30)27-20-12-18(14-25-15-20)17-6-8-22-21(13-17)23(29-28-22)9-7-19-5-3-4-10-26-19/h3-6,8,10,12-16H,11H2,1-2H3,(H,27,30)(H,28,29). The predicted molar refractivity (Wildman–Crippen MR) is 118 cm³/mol. The lowest BCUT2D eigenvalue weighted by Gasteiger charge is -2.08. The molecule has 3 aromatic heterocycles. The van der Waals surface area contributed by atoms with Gasteiger partial charge in [-0.25, -0.2) is 4.98 Å². The zero-order valence-corrected chi connectivity index (χ0v) is 16.8. The van der Waals surface area contributed by atoms with E-state index in [-0.39, 0.29) is 5.91 Å². The van der Waals surface area contributed by atoms with E-state index in [1.165, 1.54) is 0 Å². The number of rotatable bonds is 4. The van der Waals surface area contributed by atoms with Crippen LogP contribution in [0.5, 0.6) is 0 Å². The summed E-state index contributed by atoms with van der Waals surface area (Å²) in [7, 11) is 0. The van der Waals surface area contributed by atoms with E-state index in [4.69, 9.17) is 0 Å². The molecule has 0 radical (unpaired) electrons. The summed E-state index contributed by atoms with van der Waals surface area (Å²) in [6.45, 7) is 4.03. The van der Waals surface area contributed by atoms with Gasteiger partial charge in [0.2, 0.25) is 5.91 Å². The lowest BCUT2D eigenvalue weighted by atomic mass is 10.0. The Balaban J connectivity index is 1.63. The molecule has 4 rings (SSSR count). The largest absolute Gasteiger partial charge is 0.325 e. The molecular weight excluding hydrogens is 374 g/mol. The predicted octanol–water partition coefficient (Wildman–Crippen LogP) is 4.40. The third kappa shape index (κ3) is 4.53. The van der Waals surface area contributed by atoms with E-state index in [9.17, 15) is 4.79 Å². The van der Waals surface area contributed by atoms with Crippen molar-refractivity contribution < 1.29 is 4.79 Å². The van der Waals surface area contributed by atoms with Crippen LogP contribution in [0.2, 0.25) is 0 Å². The van der Waals surface area contributed by atoms with Gasteiger partial charge < -0.3 is 5.32 Å². The van der Waals surface area contributed by atoms with Crippen LogP contribution in [0.3, 0.4) is 0 Å². The number of hydrogen-bond donors (Lipinski definition) is 2. The molecule has 0 saturated carbocycles. The molecule has 4 aromatic rings. The molecule has 148 valence electrons. The fourth-order valence-electron chi connectivity index (χ4n) is 3.10. The van der Waals surface area contributed by atoms with E-state index >= 15 is 0 Å². The van der Waals surface area contributed by atoms with E-state index in [0.29, 0.717) is 23.7 Å². The molecule has 0 aliphatic heterocycles. The molecule has 6 nitrogen and oxygen atoms in total. The zero-order chi connectivity index (χ0) is 20.9. The normalized spacial score (nSPS) is 10.6. The number of carbonyl (C=O) groups excluding carboxylic acids is 1. The molecule has 1 amide bonds. The van der Waals surface area contributed by atoms with Crippen molar-refractivity contribution in [3.05, 3.63) is 72.4 Å². The van der Waals surface area contributed by atoms with Gasteiger partial charge in [-0.05, 0) is 53.7 Å². The number of hydrogen-bond acceptors (Lipinski definition) is 4. The summed E-state index contributed by atoms with van der Waals surface area (Å²) in [6.07, 6.45) is 5.62. The second-order valence-corrected chi connectivity index (χ2v) is 7.40. The van der Waals surface area contributed by atoms with E-state index < -0.39 is 0 Å². The molecule has 0 fully saturated rings. The first kappa shape index (κ1) is 19.3. The van der Waals surface area contributed by atoms with Crippen molar-refractivity contribution in [1.29, 1.82) is 0 Å². The number of amides is 1. The topological polar surface area (TPSA) is 83.6 Å². The van der Waals surface area contributed by atoms with Gasteiger partial charge in [-0.3, -0.25) is 14.9 Å². The van der Waals surface area contributed by atoms with Gasteiger partial charge in [-0.15, -0.1) is 0 Å². The molecule has 0 bridgehead atoms. The third-order valence-corrected chi connectivity index (χ3v) is 4.48. The molecule has 30 heavy (non-hydrogen) atoms. The number of H-pyrrole nitrogens is 1. The average molecular weight is 395 g/mol. The summed E-state index contributed by atoms with van der Waals surface area (Å²) in [4.78, 5) is 20.6. The van der Waals surface area contributed by atoms with Crippen molar-refractivity contribution >= 4 is 22.5 Å². The second kappa shape index (κ2) is 8.58. The minimum absolute atomic E-state index is 0.0127. The van der Waals surface area contributed by atoms with Crippen molar-refractivity contribution in [3.8, 4) is 23.0 Å². The molecule has 0 aliphatic rings. The fraction of sp³-hybridized carbons (Fsp3) is 0.167. The van der Waals surface area contributed by atoms with E-state index in [0.717, 1.165) is 27.7 Å². The van der Waals surface area contributed by atoms with Gasteiger partial charge >= 0.3 is 0 Å². The molecule has 1 aromatic carbocycles. The van der Waals surface area contributed by atoms with E-state index in [1.54, 1.807) is 18.6 Å². The first-order chi connectivity index (χ1) is 14.6. The summed E-state index contributed by atoms with van der Waals surface area (Å²) in [6, 6.07) is 13.5. The van der Waals surface area contributed by atoms with Crippen LogP contribution in [0.15, 0.2) is 61.1 Å². The van der Waals surface area contributed by atoms with Gasteiger partial charge in [0.05, 0.1) is 17.4 Å². The second-order valence-electron chi connectivity index (χ2n) is 7.40. The van der Waals surface area contributed by atoms with Crippen molar-refractivity contribution in [2.45, 2.75) is 20.3 Å². The Kier molecular flexibility index (Phi) is 5.53. The number of nitrogens with zero attached hydrogens (tertiary/aromatic N) is 3. The van der Waals surface area contributed by atoms with Crippen LogP contribution >= 0.6 is 0 Å². The summed E-state index contributed by atoms with van der Waals surface area (Å²) in [5.41, 5.74) is 4.82. The highest BCUT2D eigenvalue weighted by Crippen LogP contribution is 2.26. The molecule has 0 aliphatic carbocycles. The number of nitrogens with one attached hydrogen (secondary N) is 2. The first-order valence-corrected chi connectivity index (χ1v) is 9.75. The maximum absolute atomic E-state index is 12.1. The maximum atomic E-state index is 12.1. The average Bonchev–Trinajstić information content (AvgIpc) is 3.15.